The number of carboxylic acids is 1. The highest BCUT2D eigenvalue weighted by Gasteiger charge is 2.66. The number of rotatable bonds is 7. The molecule has 44 heavy (non-hydrogen) atoms. The van der Waals surface area contributed by atoms with Crippen molar-refractivity contribution in [3.63, 3.8) is 0 Å². The van der Waals surface area contributed by atoms with E-state index in [4.69, 9.17) is 23.4 Å². The fourth-order valence-electron chi connectivity index (χ4n) is 5.37. The summed E-state index contributed by atoms with van der Waals surface area (Å²) in [5.41, 5.74) is -0.552. The van der Waals surface area contributed by atoms with Crippen LogP contribution in [0, 0.1) is 0 Å². The van der Waals surface area contributed by atoms with Crippen LogP contribution in [0.25, 0.3) is 22.3 Å². The molecule has 238 valence electrons. The van der Waals surface area contributed by atoms with Gasteiger partial charge in [-0.05, 0) is 0 Å². The van der Waals surface area contributed by atoms with Crippen molar-refractivity contribution in [2.75, 3.05) is 13.7 Å². The van der Waals surface area contributed by atoms with Crippen molar-refractivity contribution in [1.82, 2.24) is 0 Å². The molecule has 2 aliphatic rings. The molecule has 1 aromatic heterocycles. The third-order valence-electron chi connectivity index (χ3n) is 7.69. The molecule has 0 bridgehead atoms. The number of hydrogen-bond acceptors (Lipinski definition) is 15. The average molecular weight is 623 g/mol. The van der Waals surface area contributed by atoms with Crippen molar-refractivity contribution in [1.29, 1.82) is 0 Å². The first kappa shape index (κ1) is 31.6. The molecule has 2 saturated heterocycles. The quantitative estimate of drug-likeness (QED) is 0.134. The maximum Gasteiger partial charge on any atom is 0.335 e. The summed E-state index contributed by atoms with van der Waals surface area (Å²) in [6.45, 7) is -1.04. The summed E-state index contributed by atoms with van der Waals surface area (Å²) in [5, 5.41) is 94.4. The molecule has 10 unspecified atom stereocenters. The second-order valence-corrected chi connectivity index (χ2v) is 10.3. The number of phenols is 1. The summed E-state index contributed by atoms with van der Waals surface area (Å²) < 4.78 is 28.1. The van der Waals surface area contributed by atoms with Gasteiger partial charge in [0.25, 0.3) is 5.79 Å². The highest BCUT2D eigenvalue weighted by molar-refractivity contribution is 5.90. The van der Waals surface area contributed by atoms with Crippen LogP contribution in [0.1, 0.15) is 0 Å². The van der Waals surface area contributed by atoms with E-state index in [1.807, 2.05) is 0 Å². The summed E-state index contributed by atoms with van der Waals surface area (Å²) in [4.78, 5) is 25.4. The minimum absolute atomic E-state index is 0.0943. The number of phenolic OH excluding ortho intramolecular Hbond substituents is 1. The molecule has 0 spiro atoms. The third kappa shape index (κ3) is 5.05. The lowest BCUT2D eigenvalue weighted by atomic mass is 9.83. The zero-order valence-corrected chi connectivity index (χ0v) is 22.8. The highest BCUT2D eigenvalue weighted by atomic mass is 16.8. The van der Waals surface area contributed by atoms with Gasteiger partial charge in [-0.2, -0.15) is 0 Å². The molecule has 2 aliphatic heterocycles. The largest absolute Gasteiger partial charge is 0.502 e. The predicted octanol–water partition coefficient (Wildman–Crippen LogP) is -2.34. The van der Waals surface area contributed by atoms with E-state index in [-0.39, 0.29) is 17.1 Å². The second kappa shape index (κ2) is 11.9. The Kier molecular flexibility index (Phi) is 8.56. The van der Waals surface area contributed by atoms with E-state index >= 15 is 0 Å². The Labute approximate surface area is 247 Å². The van der Waals surface area contributed by atoms with Gasteiger partial charge in [0.1, 0.15) is 53.4 Å². The molecule has 0 amide bonds. The van der Waals surface area contributed by atoms with Crippen LogP contribution in [-0.2, 0) is 14.3 Å². The lowest BCUT2D eigenvalue weighted by molar-refractivity contribution is -0.393. The second-order valence-electron chi connectivity index (χ2n) is 10.3. The van der Waals surface area contributed by atoms with Crippen molar-refractivity contribution in [2.45, 2.75) is 60.7 Å². The van der Waals surface area contributed by atoms with Gasteiger partial charge in [-0.3, -0.25) is 4.79 Å². The molecule has 0 saturated carbocycles. The SMILES string of the molecule is COc1cc2oc(-c3ccccc3)cc(=O)c2c(OC2(C3OC(C(=O)O)C(O)C(O)C3O)OC(CO)C(O)C(O)C2O)c1O. The first-order valence-electron chi connectivity index (χ1n) is 13.2. The van der Waals surface area contributed by atoms with E-state index < -0.39 is 95.6 Å². The summed E-state index contributed by atoms with van der Waals surface area (Å²) in [6.07, 6.45) is -19.9. The Hall–Kier alpha value is -3.84. The molecular weight excluding hydrogens is 592 g/mol. The van der Waals surface area contributed by atoms with Crippen molar-refractivity contribution in [3.05, 3.63) is 52.7 Å². The van der Waals surface area contributed by atoms with Gasteiger partial charge in [-0.25, -0.2) is 4.79 Å². The van der Waals surface area contributed by atoms with E-state index in [0.29, 0.717) is 5.56 Å². The van der Waals surface area contributed by atoms with Crippen molar-refractivity contribution in [2.24, 2.45) is 0 Å². The maximum absolute atomic E-state index is 13.5. The minimum Gasteiger partial charge on any atom is -0.502 e. The molecular formula is C28H30O16. The first-order valence-corrected chi connectivity index (χ1v) is 13.2. The summed E-state index contributed by atoms with van der Waals surface area (Å²) in [6, 6.07) is 10.6. The molecule has 5 rings (SSSR count). The number of methoxy groups -OCH3 is 1. The van der Waals surface area contributed by atoms with Crippen LogP contribution in [0.15, 0.2) is 51.7 Å². The lowest BCUT2D eigenvalue weighted by Crippen LogP contribution is -2.77. The van der Waals surface area contributed by atoms with Crippen LogP contribution in [0.2, 0.25) is 0 Å². The number of aromatic hydroxyl groups is 1. The predicted molar refractivity (Wildman–Crippen MR) is 144 cm³/mol. The number of aliphatic hydroxyl groups is 7. The monoisotopic (exact) mass is 622 g/mol. The maximum atomic E-state index is 13.5. The molecule has 16 nitrogen and oxygen atoms in total. The van der Waals surface area contributed by atoms with Gasteiger partial charge < -0.3 is 69.3 Å². The fraction of sp³-hybridized carbons (Fsp3) is 0.429. The van der Waals surface area contributed by atoms with E-state index in [1.54, 1.807) is 30.3 Å². The number of aliphatic hydroxyl groups excluding tert-OH is 7. The fourth-order valence-corrected chi connectivity index (χ4v) is 5.37. The van der Waals surface area contributed by atoms with Crippen LogP contribution in [0.4, 0.5) is 0 Å². The van der Waals surface area contributed by atoms with Gasteiger partial charge in [0.2, 0.25) is 5.75 Å². The van der Waals surface area contributed by atoms with Crippen molar-refractivity contribution in [3.8, 4) is 28.6 Å². The van der Waals surface area contributed by atoms with E-state index in [0.717, 1.165) is 19.2 Å². The molecule has 0 aliphatic carbocycles. The normalized spacial score (nSPS) is 34.0. The van der Waals surface area contributed by atoms with Crippen LogP contribution in [0.5, 0.6) is 17.2 Å². The van der Waals surface area contributed by atoms with Gasteiger partial charge >= 0.3 is 5.97 Å². The first-order chi connectivity index (χ1) is 20.9. The van der Waals surface area contributed by atoms with Crippen LogP contribution in [0.3, 0.4) is 0 Å². The molecule has 9 N–H and O–H groups in total. The highest BCUT2D eigenvalue weighted by Crippen LogP contribution is 2.48. The summed E-state index contributed by atoms with van der Waals surface area (Å²) in [7, 11) is 1.15. The Morgan fingerprint density at radius 3 is 2.25 bits per heavy atom. The van der Waals surface area contributed by atoms with E-state index in [9.17, 15) is 55.5 Å². The average Bonchev–Trinajstić information content (AvgIpc) is 3.01. The van der Waals surface area contributed by atoms with Crippen LogP contribution in [-0.4, -0.2) is 126 Å². The molecule has 3 heterocycles. The smallest absolute Gasteiger partial charge is 0.335 e. The Morgan fingerprint density at radius 1 is 0.955 bits per heavy atom. The molecule has 16 heteroatoms. The molecule has 0 radical (unpaired) electrons. The van der Waals surface area contributed by atoms with E-state index in [2.05, 4.69) is 0 Å². The number of ether oxygens (including phenoxy) is 4. The zero-order chi connectivity index (χ0) is 32.1. The van der Waals surface area contributed by atoms with Gasteiger partial charge in [0.15, 0.2) is 35.2 Å². The van der Waals surface area contributed by atoms with E-state index in [1.165, 1.54) is 0 Å². The Morgan fingerprint density at radius 2 is 1.64 bits per heavy atom. The molecule has 3 aromatic rings. The van der Waals surface area contributed by atoms with Crippen LogP contribution < -0.4 is 14.9 Å². The van der Waals surface area contributed by atoms with Crippen LogP contribution >= 0.6 is 0 Å². The van der Waals surface area contributed by atoms with Crippen molar-refractivity contribution >= 4 is 16.9 Å². The topological polar surface area (TPSA) is 266 Å². The summed E-state index contributed by atoms with van der Waals surface area (Å²) in [5.74, 6) is -6.90. The van der Waals surface area contributed by atoms with Crippen molar-refractivity contribution < 1.29 is 74.1 Å². The Balaban J connectivity index is 1.76. The Bertz CT molecular complexity index is 1570. The number of hydrogen-bond donors (Lipinski definition) is 9. The minimum atomic E-state index is -3.10. The third-order valence-corrected chi connectivity index (χ3v) is 7.69. The van der Waals surface area contributed by atoms with Gasteiger partial charge in [0, 0.05) is 17.7 Å². The summed E-state index contributed by atoms with van der Waals surface area (Å²) >= 11 is 0. The number of aliphatic carboxylic acids is 1. The molecule has 2 aromatic carbocycles. The number of fused-ring (bicyclic) bond motifs is 1. The number of carbonyl (C=O) groups is 1. The number of carboxylic acid groups (broad SMARTS) is 1. The lowest BCUT2D eigenvalue weighted by Gasteiger charge is -2.54. The molecule has 2 fully saturated rings. The molecule has 10 atom stereocenters. The van der Waals surface area contributed by atoms with Gasteiger partial charge in [-0.15, -0.1) is 0 Å². The van der Waals surface area contributed by atoms with Gasteiger partial charge in [0.05, 0.1) is 13.7 Å². The standard InChI is InChI=1S/C28H30O16/c1-40-14-8-13-16(11(30)7-12(41-13)10-5-3-2-4-6-10)23(18(14)32)44-28(25(37)21(35)17(31)15(9-29)43-28)26-22(36)19(33)20(34)24(42-26)27(38)39/h2-8,15,17,19-22,24-26,29,31-37H,9H2,1H3,(H,38,39). The zero-order valence-electron chi connectivity index (χ0n) is 22.8. The number of benzene rings is 2. The van der Waals surface area contributed by atoms with Gasteiger partial charge in [-0.1, -0.05) is 30.3 Å².